The van der Waals surface area contributed by atoms with Crippen LogP contribution in [0.25, 0.3) is 0 Å². The van der Waals surface area contributed by atoms with Gasteiger partial charge in [0.25, 0.3) is 0 Å². The van der Waals surface area contributed by atoms with Gasteiger partial charge in [-0.1, -0.05) is 11.8 Å². The third-order valence-corrected chi connectivity index (χ3v) is 4.75. The molecule has 0 saturated carbocycles. The first-order valence-corrected chi connectivity index (χ1v) is 8.46. The third-order valence-electron chi connectivity index (χ3n) is 3.54. The SMILES string of the molecule is CN(C(=O)OC(C)(C)C)C1=NC2C(OC(CC(F)(F)F)C(O)C2O)S1. The van der Waals surface area contributed by atoms with Gasteiger partial charge >= 0.3 is 12.3 Å². The highest BCUT2D eigenvalue weighted by Crippen LogP contribution is 2.40. The van der Waals surface area contributed by atoms with Crippen molar-refractivity contribution in [3.8, 4) is 0 Å². The van der Waals surface area contributed by atoms with Crippen molar-refractivity contribution in [3.63, 3.8) is 0 Å². The van der Waals surface area contributed by atoms with Crippen LogP contribution >= 0.6 is 11.8 Å². The Morgan fingerprint density at radius 2 is 1.92 bits per heavy atom. The molecule has 2 N–H and O–H groups in total. The van der Waals surface area contributed by atoms with Gasteiger partial charge in [-0.15, -0.1) is 0 Å². The second-order valence-corrected chi connectivity index (χ2v) is 7.97. The highest BCUT2D eigenvalue weighted by molar-refractivity contribution is 8.14. The molecule has 2 rings (SSSR count). The van der Waals surface area contributed by atoms with Crippen LogP contribution < -0.4 is 0 Å². The number of nitrogens with zero attached hydrogens (tertiary/aromatic N) is 2. The van der Waals surface area contributed by atoms with Gasteiger partial charge in [-0.2, -0.15) is 13.2 Å². The van der Waals surface area contributed by atoms with Crippen molar-refractivity contribution in [3.05, 3.63) is 0 Å². The fourth-order valence-corrected chi connectivity index (χ4v) is 3.57. The predicted molar refractivity (Wildman–Crippen MR) is 84.2 cm³/mol. The number of amides is 1. The molecule has 1 amide bonds. The van der Waals surface area contributed by atoms with Gasteiger partial charge in [0, 0.05) is 7.05 Å². The van der Waals surface area contributed by atoms with Crippen molar-refractivity contribution in [2.75, 3.05) is 7.05 Å². The molecule has 2 heterocycles. The lowest BCUT2D eigenvalue weighted by molar-refractivity contribution is -0.209. The summed E-state index contributed by atoms with van der Waals surface area (Å²) in [7, 11) is 1.40. The molecule has 0 spiro atoms. The van der Waals surface area contributed by atoms with Gasteiger partial charge < -0.3 is 19.7 Å². The number of aliphatic hydroxyl groups excluding tert-OH is 2. The molecule has 144 valence electrons. The largest absolute Gasteiger partial charge is 0.443 e. The molecule has 0 radical (unpaired) electrons. The number of fused-ring (bicyclic) bond motifs is 1. The lowest BCUT2D eigenvalue weighted by Gasteiger charge is -2.38. The molecule has 1 saturated heterocycles. The first-order valence-electron chi connectivity index (χ1n) is 7.58. The molecule has 5 atom stereocenters. The molecule has 0 aliphatic carbocycles. The number of hydrogen-bond donors (Lipinski definition) is 2. The van der Waals surface area contributed by atoms with E-state index in [9.17, 15) is 28.2 Å². The van der Waals surface area contributed by atoms with Crippen LogP contribution in [0.5, 0.6) is 0 Å². The number of aliphatic hydroxyl groups is 2. The van der Waals surface area contributed by atoms with Crippen molar-refractivity contribution in [2.45, 2.75) is 68.8 Å². The number of rotatable bonds is 1. The minimum atomic E-state index is -4.54. The number of carbonyl (C=O) groups is 1. The second kappa shape index (κ2) is 6.93. The number of ether oxygens (including phenoxy) is 2. The number of halogens is 3. The zero-order valence-corrected chi connectivity index (χ0v) is 15.0. The fourth-order valence-electron chi connectivity index (χ4n) is 2.38. The zero-order valence-electron chi connectivity index (χ0n) is 14.1. The van der Waals surface area contributed by atoms with E-state index >= 15 is 0 Å². The Bertz CT molecular complexity index is 552. The highest BCUT2D eigenvalue weighted by Gasteiger charge is 2.51. The lowest BCUT2D eigenvalue weighted by atomic mass is 9.96. The van der Waals surface area contributed by atoms with Gasteiger partial charge in [0.2, 0.25) is 0 Å². The summed E-state index contributed by atoms with van der Waals surface area (Å²) in [6.07, 6.45) is -11.5. The number of thioether (sulfide) groups is 1. The molecule has 25 heavy (non-hydrogen) atoms. The van der Waals surface area contributed by atoms with Crippen LogP contribution in [0.3, 0.4) is 0 Å². The topological polar surface area (TPSA) is 91.6 Å². The van der Waals surface area contributed by atoms with Gasteiger partial charge in [0.05, 0.1) is 12.5 Å². The summed E-state index contributed by atoms with van der Waals surface area (Å²) in [4.78, 5) is 17.3. The summed E-state index contributed by atoms with van der Waals surface area (Å²) in [6.45, 7) is 5.06. The minimum absolute atomic E-state index is 0.142. The van der Waals surface area contributed by atoms with Crippen LogP contribution in [-0.4, -0.2) is 75.0 Å². The number of aliphatic imine (C=N–C) groups is 1. The smallest absolute Gasteiger partial charge is 0.416 e. The molecule has 0 aromatic carbocycles. The molecule has 7 nitrogen and oxygen atoms in total. The summed E-state index contributed by atoms with van der Waals surface area (Å²) in [5.41, 5.74) is -1.66. The van der Waals surface area contributed by atoms with Crippen LogP contribution in [0.1, 0.15) is 27.2 Å². The maximum absolute atomic E-state index is 12.6. The normalized spacial score (nSPS) is 32.8. The molecule has 2 aliphatic rings. The molecular formula is C14H21F3N2O5S. The van der Waals surface area contributed by atoms with E-state index in [1.165, 1.54) is 7.05 Å². The number of amidine groups is 1. The Hall–Kier alpha value is -1.04. The maximum atomic E-state index is 12.6. The van der Waals surface area contributed by atoms with E-state index in [4.69, 9.17) is 9.47 Å². The Labute approximate surface area is 147 Å². The average Bonchev–Trinajstić information content (AvgIpc) is 2.84. The number of hydrogen-bond acceptors (Lipinski definition) is 7. The Morgan fingerprint density at radius 3 is 2.44 bits per heavy atom. The minimum Gasteiger partial charge on any atom is -0.443 e. The Morgan fingerprint density at radius 1 is 1.32 bits per heavy atom. The molecule has 1 fully saturated rings. The van der Waals surface area contributed by atoms with Gasteiger partial charge in [0.1, 0.15) is 29.3 Å². The molecule has 0 aromatic rings. The van der Waals surface area contributed by atoms with E-state index in [-0.39, 0.29) is 5.17 Å². The van der Waals surface area contributed by atoms with Crippen LogP contribution in [-0.2, 0) is 9.47 Å². The summed E-state index contributed by atoms with van der Waals surface area (Å²) in [5.74, 6) is 0. The van der Waals surface area contributed by atoms with Crippen LogP contribution in [0.4, 0.5) is 18.0 Å². The fraction of sp³-hybridized carbons (Fsp3) is 0.857. The Balaban J connectivity index is 2.08. The van der Waals surface area contributed by atoms with Crippen LogP contribution in [0.2, 0.25) is 0 Å². The zero-order chi connectivity index (χ0) is 19.2. The molecule has 0 aromatic heterocycles. The summed E-state index contributed by atoms with van der Waals surface area (Å²) >= 11 is 0.907. The summed E-state index contributed by atoms with van der Waals surface area (Å²) in [5, 5.41) is 20.1. The van der Waals surface area contributed by atoms with Crippen molar-refractivity contribution in [1.82, 2.24) is 4.90 Å². The lowest BCUT2D eigenvalue weighted by Crippen LogP contribution is -2.55. The van der Waals surface area contributed by atoms with Crippen molar-refractivity contribution in [1.29, 1.82) is 0 Å². The van der Waals surface area contributed by atoms with E-state index in [1.807, 2.05) is 0 Å². The number of alkyl halides is 3. The molecule has 11 heteroatoms. The standard InChI is InChI=1S/C14H21F3N2O5S/c1-13(2,3)24-12(22)19(4)11-18-7-9(21)8(20)6(5-14(15,16)17)23-10(7)25-11/h6-10,20-21H,5H2,1-4H3. The Kier molecular flexibility index (Phi) is 5.62. The van der Waals surface area contributed by atoms with E-state index < -0.39 is 54.1 Å². The van der Waals surface area contributed by atoms with E-state index in [0.717, 1.165) is 16.7 Å². The second-order valence-electron chi connectivity index (χ2n) is 6.90. The van der Waals surface area contributed by atoms with Crippen LogP contribution in [0, 0.1) is 0 Å². The quantitative estimate of drug-likeness (QED) is 0.713. The maximum Gasteiger partial charge on any atom is 0.416 e. The first kappa shape index (κ1) is 20.3. The van der Waals surface area contributed by atoms with E-state index in [2.05, 4.69) is 4.99 Å². The molecular weight excluding hydrogens is 365 g/mol. The third kappa shape index (κ3) is 4.99. The summed E-state index contributed by atoms with van der Waals surface area (Å²) < 4.78 is 48.2. The van der Waals surface area contributed by atoms with Crippen LogP contribution in [0.15, 0.2) is 4.99 Å². The predicted octanol–water partition coefficient (Wildman–Crippen LogP) is 1.72. The van der Waals surface area contributed by atoms with Gasteiger partial charge in [0.15, 0.2) is 5.17 Å². The van der Waals surface area contributed by atoms with Gasteiger partial charge in [-0.25, -0.2) is 4.79 Å². The highest BCUT2D eigenvalue weighted by atomic mass is 32.2. The molecule has 2 aliphatic heterocycles. The number of carbonyl (C=O) groups excluding carboxylic acids is 1. The monoisotopic (exact) mass is 386 g/mol. The van der Waals surface area contributed by atoms with Crippen molar-refractivity contribution in [2.24, 2.45) is 4.99 Å². The van der Waals surface area contributed by atoms with Gasteiger partial charge in [-0.05, 0) is 20.8 Å². The van der Waals surface area contributed by atoms with Crippen molar-refractivity contribution >= 4 is 23.0 Å². The average molecular weight is 386 g/mol. The molecule has 5 unspecified atom stereocenters. The summed E-state index contributed by atoms with van der Waals surface area (Å²) in [6, 6.07) is -0.968. The first-order chi connectivity index (χ1) is 11.3. The van der Waals surface area contributed by atoms with E-state index in [1.54, 1.807) is 20.8 Å². The van der Waals surface area contributed by atoms with Gasteiger partial charge in [-0.3, -0.25) is 9.89 Å². The van der Waals surface area contributed by atoms with E-state index in [0.29, 0.717) is 0 Å². The van der Waals surface area contributed by atoms with Crippen molar-refractivity contribution < 1.29 is 37.7 Å². The molecule has 0 bridgehead atoms.